The lowest BCUT2D eigenvalue weighted by molar-refractivity contribution is -0.126. The summed E-state index contributed by atoms with van der Waals surface area (Å²) in [4.78, 5) is 24.4. The van der Waals surface area contributed by atoms with Crippen LogP contribution in [0, 0.1) is 0 Å². The number of hydrogen-bond acceptors (Lipinski definition) is 3. The Morgan fingerprint density at radius 2 is 0.667 bits per heavy atom. The second-order valence-corrected chi connectivity index (χ2v) is 16.4. The van der Waals surface area contributed by atoms with E-state index in [0.29, 0.717) is 0 Å². The number of aliphatic hydroxyl groups excluding tert-OH is 1. The van der Waals surface area contributed by atoms with E-state index < -0.39 is 5.91 Å². The molecular weight excluding hydrogens is 629 g/mol. The van der Waals surface area contributed by atoms with Gasteiger partial charge < -0.3 is 16.2 Å². The second-order valence-electron chi connectivity index (χ2n) is 16.4. The minimum Gasteiger partial charge on any atom is -0.396 e. The van der Waals surface area contributed by atoms with Crippen LogP contribution in [0.3, 0.4) is 0 Å². The first-order chi connectivity index (χ1) is 25.0. The Morgan fingerprint density at radius 1 is 0.412 bits per heavy atom. The molecule has 0 fully saturated rings. The highest BCUT2D eigenvalue weighted by Crippen LogP contribution is 2.30. The molecule has 0 aromatic heterocycles. The van der Waals surface area contributed by atoms with Crippen LogP contribution >= 0.6 is 0 Å². The quantitative estimate of drug-likeness (QED) is 0.0548. The molecule has 0 bridgehead atoms. The Kier molecular flexibility index (Phi) is 39.2. The van der Waals surface area contributed by atoms with Crippen molar-refractivity contribution in [2.75, 3.05) is 6.61 Å². The SMILES string of the molecule is CCCCCCCCCCCCCCCCCCC(CCCCCO)(CCCCCCCCCCCCCCCCCC)NC(=O)CCC(N)=O. The van der Waals surface area contributed by atoms with Crippen molar-refractivity contribution in [2.45, 2.75) is 276 Å². The van der Waals surface area contributed by atoms with E-state index >= 15 is 0 Å². The highest BCUT2D eigenvalue weighted by Gasteiger charge is 2.30. The van der Waals surface area contributed by atoms with E-state index in [1.807, 2.05) is 0 Å². The molecule has 0 saturated carbocycles. The van der Waals surface area contributed by atoms with Gasteiger partial charge in [0.25, 0.3) is 0 Å². The first-order valence-corrected chi connectivity index (χ1v) is 23.2. The largest absolute Gasteiger partial charge is 0.396 e. The maximum atomic E-state index is 13.0. The molecule has 0 spiro atoms. The minimum absolute atomic E-state index is 0.0241. The first kappa shape index (κ1) is 49.9. The highest BCUT2D eigenvalue weighted by molar-refractivity contribution is 5.83. The van der Waals surface area contributed by atoms with Gasteiger partial charge in [-0.3, -0.25) is 9.59 Å². The Bertz CT molecular complexity index is 691. The van der Waals surface area contributed by atoms with Gasteiger partial charge in [-0.05, 0) is 25.7 Å². The number of rotatable bonds is 43. The van der Waals surface area contributed by atoms with Crippen molar-refractivity contribution in [3.8, 4) is 0 Å². The highest BCUT2D eigenvalue weighted by atomic mass is 16.3. The zero-order valence-corrected chi connectivity index (χ0v) is 34.8. The van der Waals surface area contributed by atoms with Gasteiger partial charge in [0.05, 0.1) is 0 Å². The topological polar surface area (TPSA) is 92.4 Å². The third-order valence-electron chi connectivity index (χ3n) is 11.3. The van der Waals surface area contributed by atoms with Crippen LogP contribution in [0.4, 0.5) is 0 Å². The molecule has 0 heterocycles. The summed E-state index contributed by atoms with van der Waals surface area (Å²) in [5.74, 6) is -0.432. The molecule has 5 nitrogen and oxygen atoms in total. The standard InChI is InChI=1S/C46H92N2O3/c1-3-5-7-9-11-13-15-17-19-21-23-25-27-29-31-34-40-46(42-36-33-37-43-49,48-45(51)39-38-44(47)50)41-35-32-30-28-26-24-22-20-18-16-14-12-10-8-6-4-2/h49H,3-43H2,1-2H3,(H2,47,50)(H,48,51). The summed E-state index contributed by atoms with van der Waals surface area (Å²) in [6, 6.07) is 0. The molecule has 4 N–H and O–H groups in total. The van der Waals surface area contributed by atoms with Gasteiger partial charge in [0, 0.05) is 25.0 Å². The van der Waals surface area contributed by atoms with Gasteiger partial charge in [0.2, 0.25) is 11.8 Å². The molecule has 0 unspecified atom stereocenters. The van der Waals surface area contributed by atoms with Gasteiger partial charge in [-0.25, -0.2) is 0 Å². The van der Waals surface area contributed by atoms with Crippen molar-refractivity contribution in [3.05, 3.63) is 0 Å². The summed E-state index contributed by atoms with van der Waals surface area (Å²) >= 11 is 0. The summed E-state index contributed by atoms with van der Waals surface area (Å²) in [5, 5.41) is 12.8. The lowest BCUT2D eigenvalue weighted by Crippen LogP contribution is -2.48. The number of amides is 2. The third-order valence-corrected chi connectivity index (χ3v) is 11.3. The summed E-state index contributed by atoms with van der Waals surface area (Å²) in [6.07, 6.45) is 49.8. The van der Waals surface area contributed by atoms with Crippen LogP contribution in [0.1, 0.15) is 271 Å². The molecule has 0 aliphatic heterocycles. The Labute approximate surface area is 319 Å². The summed E-state index contributed by atoms with van der Waals surface area (Å²) in [6.45, 7) is 4.81. The molecule has 5 heteroatoms. The van der Waals surface area contributed by atoms with Crippen molar-refractivity contribution in [2.24, 2.45) is 5.73 Å². The normalized spacial score (nSPS) is 11.7. The molecule has 0 radical (unpaired) electrons. The molecule has 0 aliphatic carbocycles. The van der Waals surface area contributed by atoms with E-state index in [-0.39, 0.29) is 30.9 Å². The first-order valence-electron chi connectivity index (χ1n) is 23.2. The van der Waals surface area contributed by atoms with Crippen molar-refractivity contribution in [1.29, 1.82) is 0 Å². The van der Waals surface area contributed by atoms with Gasteiger partial charge in [0.1, 0.15) is 0 Å². The molecule has 51 heavy (non-hydrogen) atoms. The number of nitrogens with two attached hydrogens (primary N) is 1. The monoisotopic (exact) mass is 721 g/mol. The Balaban J connectivity index is 4.47. The number of primary amides is 1. The van der Waals surface area contributed by atoms with E-state index in [1.54, 1.807) is 0 Å². The zero-order valence-electron chi connectivity index (χ0n) is 34.8. The maximum Gasteiger partial charge on any atom is 0.220 e. The van der Waals surface area contributed by atoms with E-state index in [0.717, 1.165) is 51.4 Å². The summed E-state index contributed by atoms with van der Waals surface area (Å²) in [5.41, 5.74) is 5.18. The van der Waals surface area contributed by atoms with E-state index in [1.165, 1.54) is 193 Å². The van der Waals surface area contributed by atoms with E-state index in [2.05, 4.69) is 19.2 Å². The van der Waals surface area contributed by atoms with Gasteiger partial charge in [-0.2, -0.15) is 0 Å². The Hall–Kier alpha value is -1.10. The minimum atomic E-state index is -0.408. The smallest absolute Gasteiger partial charge is 0.220 e. The number of hydrogen-bond donors (Lipinski definition) is 3. The molecule has 0 rings (SSSR count). The van der Waals surface area contributed by atoms with Crippen LogP contribution < -0.4 is 11.1 Å². The molecule has 0 saturated heterocycles. The summed E-state index contributed by atoms with van der Waals surface area (Å²) < 4.78 is 0. The molecule has 0 aromatic carbocycles. The van der Waals surface area contributed by atoms with Crippen molar-refractivity contribution < 1.29 is 14.7 Å². The van der Waals surface area contributed by atoms with E-state index in [4.69, 9.17) is 5.73 Å². The average molecular weight is 721 g/mol. The summed E-state index contributed by atoms with van der Waals surface area (Å²) in [7, 11) is 0. The molecule has 0 aliphatic rings. The number of unbranched alkanes of at least 4 members (excludes halogenated alkanes) is 32. The number of aliphatic hydroxyl groups is 1. The van der Waals surface area contributed by atoms with Crippen LogP contribution in [-0.2, 0) is 9.59 Å². The van der Waals surface area contributed by atoms with Crippen LogP contribution in [0.15, 0.2) is 0 Å². The number of carbonyl (C=O) groups excluding carboxylic acids is 2. The number of carbonyl (C=O) groups is 2. The van der Waals surface area contributed by atoms with Gasteiger partial charge in [-0.15, -0.1) is 0 Å². The van der Waals surface area contributed by atoms with Crippen LogP contribution in [0.5, 0.6) is 0 Å². The fraction of sp³-hybridized carbons (Fsp3) is 0.957. The number of nitrogens with one attached hydrogen (secondary N) is 1. The van der Waals surface area contributed by atoms with Crippen LogP contribution in [-0.4, -0.2) is 29.1 Å². The molecular formula is C46H92N2O3. The second kappa shape index (κ2) is 40.1. The van der Waals surface area contributed by atoms with Gasteiger partial charge in [0.15, 0.2) is 0 Å². The van der Waals surface area contributed by atoms with Crippen molar-refractivity contribution >= 4 is 11.8 Å². The zero-order chi connectivity index (χ0) is 37.4. The third kappa shape index (κ3) is 37.0. The van der Waals surface area contributed by atoms with Crippen LogP contribution in [0.2, 0.25) is 0 Å². The van der Waals surface area contributed by atoms with Gasteiger partial charge >= 0.3 is 0 Å². The molecule has 2 amide bonds. The predicted molar refractivity (Wildman–Crippen MR) is 223 cm³/mol. The fourth-order valence-corrected chi connectivity index (χ4v) is 7.93. The fourth-order valence-electron chi connectivity index (χ4n) is 7.93. The Morgan fingerprint density at radius 3 is 0.922 bits per heavy atom. The molecule has 0 aromatic rings. The van der Waals surface area contributed by atoms with Gasteiger partial charge in [-0.1, -0.05) is 232 Å². The molecule has 304 valence electrons. The van der Waals surface area contributed by atoms with E-state index in [9.17, 15) is 14.7 Å². The van der Waals surface area contributed by atoms with Crippen molar-refractivity contribution in [3.63, 3.8) is 0 Å². The lowest BCUT2D eigenvalue weighted by Gasteiger charge is -2.36. The average Bonchev–Trinajstić information content (AvgIpc) is 3.12. The van der Waals surface area contributed by atoms with Crippen LogP contribution in [0.25, 0.3) is 0 Å². The maximum absolute atomic E-state index is 13.0. The van der Waals surface area contributed by atoms with Crippen molar-refractivity contribution in [1.82, 2.24) is 5.32 Å². The lowest BCUT2D eigenvalue weighted by atomic mass is 9.81. The predicted octanol–water partition coefficient (Wildman–Crippen LogP) is 14.0. The molecule has 0 atom stereocenters.